The average Bonchev–Trinajstić information content (AvgIpc) is 2.84. The van der Waals surface area contributed by atoms with Crippen molar-refractivity contribution in [2.24, 2.45) is 17.8 Å². The van der Waals surface area contributed by atoms with Crippen LogP contribution < -0.4 is 10.6 Å². The van der Waals surface area contributed by atoms with Gasteiger partial charge in [-0.3, -0.25) is 9.78 Å². The van der Waals surface area contributed by atoms with Crippen LogP contribution >= 0.6 is 11.6 Å². The molecule has 2 saturated heterocycles. The van der Waals surface area contributed by atoms with Crippen molar-refractivity contribution in [1.29, 1.82) is 0 Å². The molecule has 0 spiro atoms. The molecule has 2 N–H and O–H groups in total. The largest absolute Gasteiger partial charge is 0.393 e. The molecule has 0 unspecified atom stereocenters. The summed E-state index contributed by atoms with van der Waals surface area (Å²) in [6.07, 6.45) is -1.07. The molecule has 0 aromatic carbocycles. The van der Waals surface area contributed by atoms with Crippen LogP contribution in [-0.2, 0) is 16.0 Å². The van der Waals surface area contributed by atoms with Crippen LogP contribution in [0.1, 0.15) is 25.0 Å². The number of Topliss-reactive ketones (excluding diaryl/α,β-unsaturated/α-hetero) is 1. The Hall–Kier alpha value is -2.23. The van der Waals surface area contributed by atoms with E-state index in [0.29, 0.717) is 27.9 Å². The topological polar surface area (TPSA) is 76.1 Å². The van der Waals surface area contributed by atoms with Crippen LogP contribution in [0.4, 0.5) is 19.0 Å². The van der Waals surface area contributed by atoms with Crippen molar-refractivity contribution in [2.45, 2.75) is 31.9 Å². The lowest BCUT2D eigenvalue weighted by Gasteiger charge is -2.30. The number of aromatic nitrogens is 2. The molecule has 4 rings (SSSR count). The zero-order chi connectivity index (χ0) is 24.1. The number of piperidine rings is 1. The minimum atomic E-state index is -4.31. The Bertz CT molecular complexity index is 998. The highest BCUT2D eigenvalue weighted by Gasteiger charge is 2.43. The van der Waals surface area contributed by atoms with E-state index in [1.54, 1.807) is 6.07 Å². The van der Waals surface area contributed by atoms with Crippen molar-refractivity contribution in [3.63, 3.8) is 0 Å². The SMILES string of the molecule is O=C(Cc1cc(-c2cccc(NCC3CCOCC3)n2)c(Cl)cn1)[C@@H]1CNC[C@H](C(F)(F)F)C1. The van der Waals surface area contributed by atoms with Crippen molar-refractivity contribution in [1.82, 2.24) is 15.3 Å². The van der Waals surface area contributed by atoms with Crippen LogP contribution in [0, 0.1) is 17.8 Å². The first-order valence-electron chi connectivity index (χ1n) is 11.5. The highest BCUT2D eigenvalue weighted by molar-refractivity contribution is 6.33. The standard InChI is InChI=1S/C24H28ClF3N4O2/c25-20-14-30-18(10-22(33)16-8-17(13-29-12-16)24(26,27)28)9-19(20)21-2-1-3-23(32-21)31-11-15-4-6-34-7-5-15/h1-3,9,14-17,29H,4-8,10-13H2,(H,31,32)/t16-,17+/m0/s1. The Morgan fingerprint density at radius 1 is 1.24 bits per heavy atom. The molecule has 2 fully saturated rings. The summed E-state index contributed by atoms with van der Waals surface area (Å²) in [6, 6.07) is 7.28. The van der Waals surface area contributed by atoms with Gasteiger partial charge >= 0.3 is 6.18 Å². The lowest BCUT2D eigenvalue weighted by atomic mass is 9.85. The third-order valence-electron chi connectivity index (χ3n) is 6.47. The molecule has 2 aromatic rings. The summed E-state index contributed by atoms with van der Waals surface area (Å²) < 4.78 is 44.7. The van der Waals surface area contributed by atoms with E-state index in [9.17, 15) is 18.0 Å². The second kappa shape index (κ2) is 11.0. The maximum atomic E-state index is 13.1. The third kappa shape index (κ3) is 6.46. The van der Waals surface area contributed by atoms with Gasteiger partial charge in [-0.2, -0.15) is 13.2 Å². The maximum absolute atomic E-state index is 13.1. The van der Waals surface area contributed by atoms with Gasteiger partial charge in [0.1, 0.15) is 11.6 Å². The molecule has 2 aromatic heterocycles. The average molecular weight is 497 g/mol. The summed E-state index contributed by atoms with van der Waals surface area (Å²) >= 11 is 6.38. The number of nitrogens with zero attached hydrogens (tertiary/aromatic N) is 2. The predicted molar refractivity (Wildman–Crippen MR) is 124 cm³/mol. The van der Waals surface area contributed by atoms with Gasteiger partial charge in [-0.1, -0.05) is 17.7 Å². The monoisotopic (exact) mass is 496 g/mol. The van der Waals surface area contributed by atoms with E-state index >= 15 is 0 Å². The summed E-state index contributed by atoms with van der Waals surface area (Å²) in [5.41, 5.74) is 1.72. The minimum Gasteiger partial charge on any atom is -0.381 e. The Kier molecular flexibility index (Phi) is 8.06. The van der Waals surface area contributed by atoms with Gasteiger partial charge in [0.15, 0.2) is 0 Å². The van der Waals surface area contributed by atoms with Crippen LogP contribution in [0.5, 0.6) is 0 Å². The molecule has 0 aliphatic carbocycles. The Labute approximate surface area is 201 Å². The highest BCUT2D eigenvalue weighted by atomic mass is 35.5. The number of anilines is 1. The smallest absolute Gasteiger partial charge is 0.381 e. The molecule has 0 saturated carbocycles. The fourth-order valence-electron chi connectivity index (χ4n) is 4.42. The number of pyridine rings is 2. The molecule has 0 amide bonds. The van der Waals surface area contributed by atoms with Crippen molar-refractivity contribution < 1.29 is 22.7 Å². The molecule has 2 atom stereocenters. The Balaban J connectivity index is 1.43. The van der Waals surface area contributed by atoms with Gasteiger partial charge in [0.2, 0.25) is 0 Å². The third-order valence-corrected chi connectivity index (χ3v) is 6.78. The minimum absolute atomic E-state index is 0.0528. The summed E-state index contributed by atoms with van der Waals surface area (Å²) in [5.74, 6) is -1.21. The highest BCUT2D eigenvalue weighted by Crippen LogP contribution is 2.34. The number of ketones is 1. The number of alkyl halides is 3. The number of hydrogen-bond donors (Lipinski definition) is 2. The summed E-state index contributed by atoms with van der Waals surface area (Å²) in [6.45, 7) is 2.46. The number of hydrogen-bond acceptors (Lipinski definition) is 6. The van der Waals surface area contributed by atoms with Gasteiger partial charge in [0.25, 0.3) is 0 Å². The summed E-state index contributed by atoms with van der Waals surface area (Å²) in [7, 11) is 0. The number of rotatable bonds is 7. The predicted octanol–water partition coefficient (Wildman–Crippen LogP) is 4.54. The van der Waals surface area contributed by atoms with E-state index in [4.69, 9.17) is 16.3 Å². The number of carbonyl (C=O) groups is 1. The first-order valence-corrected chi connectivity index (χ1v) is 11.9. The molecule has 0 radical (unpaired) electrons. The normalized spacial score (nSPS) is 21.9. The van der Waals surface area contributed by atoms with E-state index < -0.39 is 18.0 Å². The van der Waals surface area contributed by atoms with Gasteiger partial charge in [-0.15, -0.1) is 0 Å². The molecular formula is C24H28ClF3N4O2. The quantitative estimate of drug-likeness (QED) is 0.586. The van der Waals surface area contributed by atoms with Crippen LogP contribution in [-0.4, -0.2) is 54.8 Å². The number of nitrogens with one attached hydrogen (secondary N) is 2. The first-order chi connectivity index (χ1) is 16.3. The fourth-order valence-corrected chi connectivity index (χ4v) is 4.62. The molecule has 34 heavy (non-hydrogen) atoms. The molecule has 184 valence electrons. The van der Waals surface area contributed by atoms with E-state index in [1.807, 2.05) is 18.2 Å². The van der Waals surface area contributed by atoms with E-state index in [0.717, 1.165) is 38.4 Å². The van der Waals surface area contributed by atoms with Crippen LogP contribution in [0.15, 0.2) is 30.5 Å². The summed E-state index contributed by atoms with van der Waals surface area (Å²) in [4.78, 5) is 21.6. The lowest BCUT2D eigenvalue weighted by Crippen LogP contribution is -2.45. The van der Waals surface area contributed by atoms with Crippen LogP contribution in [0.3, 0.4) is 0 Å². The van der Waals surface area contributed by atoms with Gasteiger partial charge in [-0.25, -0.2) is 4.98 Å². The molecule has 0 bridgehead atoms. The number of carbonyl (C=O) groups excluding carboxylic acids is 1. The first kappa shape index (κ1) is 24.9. The summed E-state index contributed by atoms with van der Waals surface area (Å²) in [5, 5.41) is 6.50. The van der Waals surface area contributed by atoms with Gasteiger partial charge < -0.3 is 15.4 Å². The molecule has 10 heteroatoms. The van der Waals surface area contributed by atoms with Gasteiger partial charge in [-0.05, 0) is 43.4 Å². The molecular weight excluding hydrogens is 469 g/mol. The van der Waals surface area contributed by atoms with Gasteiger partial charge in [0.05, 0.1) is 16.6 Å². The van der Waals surface area contributed by atoms with E-state index in [-0.39, 0.29) is 31.7 Å². The van der Waals surface area contributed by atoms with Crippen molar-refractivity contribution in [3.8, 4) is 11.3 Å². The molecule has 2 aliphatic heterocycles. The van der Waals surface area contributed by atoms with Crippen LogP contribution in [0.2, 0.25) is 5.02 Å². The Morgan fingerprint density at radius 3 is 2.79 bits per heavy atom. The lowest BCUT2D eigenvalue weighted by molar-refractivity contribution is -0.182. The molecule has 4 heterocycles. The van der Waals surface area contributed by atoms with E-state index in [2.05, 4.69) is 20.6 Å². The Morgan fingerprint density at radius 2 is 2.03 bits per heavy atom. The zero-order valence-electron chi connectivity index (χ0n) is 18.7. The van der Waals surface area contributed by atoms with Crippen molar-refractivity contribution in [2.75, 3.05) is 38.2 Å². The van der Waals surface area contributed by atoms with E-state index in [1.165, 1.54) is 6.20 Å². The zero-order valence-corrected chi connectivity index (χ0v) is 19.5. The van der Waals surface area contributed by atoms with Gasteiger partial charge in [0, 0.05) is 62.6 Å². The van der Waals surface area contributed by atoms with Crippen molar-refractivity contribution in [3.05, 3.63) is 41.2 Å². The van der Waals surface area contributed by atoms with Crippen LogP contribution in [0.25, 0.3) is 11.3 Å². The second-order valence-corrected chi connectivity index (χ2v) is 9.38. The molecule has 2 aliphatic rings. The number of halogens is 4. The number of ether oxygens (including phenoxy) is 1. The second-order valence-electron chi connectivity index (χ2n) is 8.97. The maximum Gasteiger partial charge on any atom is 0.393 e. The fraction of sp³-hybridized carbons (Fsp3) is 0.542. The van der Waals surface area contributed by atoms with Crippen molar-refractivity contribution >= 4 is 23.2 Å². The molecule has 6 nitrogen and oxygen atoms in total.